The van der Waals surface area contributed by atoms with Crippen molar-refractivity contribution in [2.24, 2.45) is 0 Å². The molecule has 2 rings (SSSR count). The van der Waals surface area contributed by atoms with Crippen molar-refractivity contribution in [2.45, 2.75) is 33.1 Å². The van der Waals surface area contributed by atoms with Crippen LogP contribution in [0.2, 0.25) is 0 Å². The van der Waals surface area contributed by atoms with Crippen molar-refractivity contribution < 1.29 is 9.59 Å². The average Bonchev–Trinajstić information content (AvgIpc) is 2.94. The Balaban J connectivity index is 1.74. The minimum absolute atomic E-state index is 0.0495. The van der Waals surface area contributed by atoms with E-state index in [4.69, 9.17) is 0 Å². The Labute approximate surface area is 146 Å². The summed E-state index contributed by atoms with van der Waals surface area (Å²) >= 11 is 1.43. The summed E-state index contributed by atoms with van der Waals surface area (Å²) in [5.74, 6) is 0.133. The van der Waals surface area contributed by atoms with E-state index in [9.17, 15) is 9.59 Å². The number of hydrogen-bond acceptors (Lipinski definition) is 4. The van der Waals surface area contributed by atoms with Crippen LogP contribution in [0, 0.1) is 6.92 Å². The fraction of sp³-hybridized carbons (Fsp3) is 0.389. The zero-order valence-electron chi connectivity index (χ0n) is 14.3. The molecule has 2 aromatic rings. The van der Waals surface area contributed by atoms with E-state index in [0.717, 1.165) is 16.3 Å². The minimum atomic E-state index is -0.130. The number of carbonyl (C=O) groups excluding carboxylic acids is 2. The van der Waals surface area contributed by atoms with E-state index < -0.39 is 0 Å². The molecule has 0 unspecified atom stereocenters. The van der Waals surface area contributed by atoms with Crippen LogP contribution < -0.4 is 10.6 Å². The third kappa shape index (κ3) is 5.16. The van der Waals surface area contributed by atoms with Gasteiger partial charge in [-0.25, -0.2) is 4.98 Å². The van der Waals surface area contributed by atoms with Crippen molar-refractivity contribution in [3.05, 3.63) is 51.5 Å². The van der Waals surface area contributed by atoms with Gasteiger partial charge in [0.25, 0.3) is 5.91 Å². The van der Waals surface area contributed by atoms with Gasteiger partial charge in [0.05, 0.1) is 17.1 Å². The molecule has 2 amide bonds. The molecule has 0 saturated heterocycles. The number of benzene rings is 1. The lowest BCUT2D eigenvalue weighted by atomic mass is 10.1. The summed E-state index contributed by atoms with van der Waals surface area (Å²) in [6.07, 6.45) is 0.348. The first-order valence-corrected chi connectivity index (χ1v) is 8.85. The molecular weight excluding hydrogens is 322 g/mol. The smallest absolute Gasteiger partial charge is 0.263 e. The third-order valence-electron chi connectivity index (χ3n) is 3.45. The Morgan fingerprint density at radius 2 is 1.79 bits per heavy atom. The van der Waals surface area contributed by atoms with E-state index >= 15 is 0 Å². The molecule has 0 radical (unpaired) electrons. The van der Waals surface area contributed by atoms with Crippen molar-refractivity contribution in [1.29, 1.82) is 0 Å². The molecule has 1 heterocycles. The summed E-state index contributed by atoms with van der Waals surface area (Å²) < 4.78 is 0. The summed E-state index contributed by atoms with van der Waals surface area (Å²) in [4.78, 5) is 29.1. The number of aryl methyl sites for hydroxylation is 1. The number of aromatic nitrogens is 1. The quantitative estimate of drug-likeness (QED) is 0.758. The summed E-state index contributed by atoms with van der Waals surface area (Å²) in [5, 5.41) is 6.60. The van der Waals surface area contributed by atoms with Crippen molar-refractivity contribution in [2.75, 3.05) is 13.1 Å². The van der Waals surface area contributed by atoms with Gasteiger partial charge in [-0.15, -0.1) is 11.3 Å². The van der Waals surface area contributed by atoms with E-state index in [0.29, 0.717) is 30.3 Å². The average molecular weight is 345 g/mol. The Morgan fingerprint density at radius 3 is 2.42 bits per heavy atom. The van der Waals surface area contributed by atoms with E-state index in [2.05, 4.69) is 29.5 Å². The fourth-order valence-corrected chi connectivity index (χ4v) is 3.16. The van der Waals surface area contributed by atoms with Gasteiger partial charge in [0.15, 0.2) is 0 Å². The molecule has 0 saturated carbocycles. The molecule has 0 bridgehead atoms. The van der Waals surface area contributed by atoms with Crippen LogP contribution >= 0.6 is 11.3 Å². The predicted molar refractivity (Wildman–Crippen MR) is 96.4 cm³/mol. The highest BCUT2D eigenvalue weighted by Gasteiger charge is 2.16. The van der Waals surface area contributed by atoms with Gasteiger partial charge in [-0.3, -0.25) is 9.59 Å². The second-order valence-electron chi connectivity index (χ2n) is 5.89. The maximum absolute atomic E-state index is 12.2. The van der Waals surface area contributed by atoms with E-state index in [1.165, 1.54) is 11.3 Å². The van der Waals surface area contributed by atoms with Gasteiger partial charge in [0.1, 0.15) is 4.88 Å². The van der Waals surface area contributed by atoms with Gasteiger partial charge in [0.2, 0.25) is 5.91 Å². The Bertz CT molecular complexity index is 696. The molecule has 128 valence electrons. The lowest BCUT2D eigenvalue weighted by molar-refractivity contribution is -0.120. The Hall–Kier alpha value is -2.21. The maximum atomic E-state index is 12.2. The number of rotatable bonds is 7. The molecule has 5 nitrogen and oxygen atoms in total. The molecule has 0 aliphatic rings. The number of nitrogens with zero attached hydrogens (tertiary/aromatic N) is 1. The van der Waals surface area contributed by atoms with Gasteiger partial charge < -0.3 is 10.6 Å². The van der Waals surface area contributed by atoms with Crippen LogP contribution in [-0.2, 0) is 11.2 Å². The molecule has 0 fully saturated rings. The first-order chi connectivity index (χ1) is 11.5. The Kier molecular flexibility index (Phi) is 6.49. The van der Waals surface area contributed by atoms with Gasteiger partial charge in [-0.1, -0.05) is 44.2 Å². The molecule has 0 atom stereocenters. The van der Waals surface area contributed by atoms with Crippen LogP contribution in [0.15, 0.2) is 30.3 Å². The van der Waals surface area contributed by atoms with Crippen molar-refractivity contribution >= 4 is 23.2 Å². The fourth-order valence-electron chi connectivity index (χ4n) is 2.18. The molecule has 2 N–H and O–H groups in total. The third-order valence-corrected chi connectivity index (χ3v) is 4.91. The van der Waals surface area contributed by atoms with Crippen LogP contribution in [0.1, 0.15) is 45.7 Å². The SMILES string of the molecule is Cc1nc(C(C)C)sc1C(=O)NCCNC(=O)Cc1ccccc1. The molecular formula is C18H23N3O2S. The van der Waals surface area contributed by atoms with Crippen LogP contribution in [0.4, 0.5) is 0 Å². The van der Waals surface area contributed by atoms with Crippen LogP contribution in [0.5, 0.6) is 0 Å². The summed E-state index contributed by atoms with van der Waals surface area (Å²) in [6.45, 7) is 6.77. The summed E-state index contributed by atoms with van der Waals surface area (Å²) in [6, 6.07) is 9.57. The monoisotopic (exact) mass is 345 g/mol. The molecule has 24 heavy (non-hydrogen) atoms. The molecule has 1 aromatic carbocycles. The Morgan fingerprint density at radius 1 is 1.12 bits per heavy atom. The van der Waals surface area contributed by atoms with E-state index in [1.54, 1.807) is 0 Å². The van der Waals surface area contributed by atoms with Crippen molar-refractivity contribution in [3.8, 4) is 0 Å². The van der Waals surface area contributed by atoms with Gasteiger partial charge in [-0.2, -0.15) is 0 Å². The first-order valence-electron chi connectivity index (χ1n) is 8.03. The van der Waals surface area contributed by atoms with Gasteiger partial charge >= 0.3 is 0 Å². The zero-order valence-corrected chi connectivity index (χ0v) is 15.1. The maximum Gasteiger partial charge on any atom is 0.263 e. The topological polar surface area (TPSA) is 71.1 Å². The minimum Gasteiger partial charge on any atom is -0.354 e. The number of thiazole rings is 1. The molecule has 0 aliphatic heterocycles. The predicted octanol–water partition coefficient (Wildman–Crippen LogP) is 2.66. The first kappa shape index (κ1) is 18.1. The number of amides is 2. The lowest BCUT2D eigenvalue weighted by Gasteiger charge is -2.07. The van der Waals surface area contributed by atoms with E-state index in [-0.39, 0.29) is 11.8 Å². The van der Waals surface area contributed by atoms with Gasteiger partial charge in [-0.05, 0) is 12.5 Å². The largest absolute Gasteiger partial charge is 0.354 e. The summed E-state index contributed by atoms with van der Waals surface area (Å²) in [7, 11) is 0. The van der Waals surface area contributed by atoms with Crippen molar-refractivity contribution in [1.82, 2.24) is 15.6 Å². The second-order valence-corrected chi connectivity index (χ2v) is 6.92. The highest BCUT2D eigenvalue weighted by Crippen LogP contribution is 2.24. The zero-order chi connectivity index (χ0) is 17.5. The number of hydrogen-bond donors (Lipinski definition) is 2. The molecule has 0 aliphatic carbocycles. The normalized spacial score (nSPS) is 10.7. The van der Waals surface area contributed by atoms with Gasteiger partial charge in [0, 0.05) is 19.0 Å². The number of carbonyl (C=O) groups is 2. The molecule has 6 heteroatoms. The van der Waals surface area contributed by atoms with Crippen LogP contribution in [0.3, 0.4) is 0 Å². The van der Waals surface area contributed by atoms with E-state index in [1.807, 2.05) is 37.3 Å². The lowest BCUT2D eigenvalue weighted by Crippen LogP contribution is -2.35. The second kappa shape index (κ2) is 8.59. The standard InChI is InChI=1S/C18H23N3O2S/c1-12(2)18-21-13(3)16(24-18)17(23)20-10-9-19-15(22)11-14-7-5-4-6-8-14/h4-8,12H,9-11H2,1-3H3,(H,19,22)(H,20,23). The van der Waals surface area contributed by atoms with Crippen LogP contribution in [-0.4, -0.2) is 29.9 Å². The highest BCUT2D eigenvalue weighted by atomic mass is 32.1. The van der Waals surface area contributed by atoms with Crippen molar-refractivity contribution in [3.63, 3.8) is 0 Å². The molecule has 1 aromatic heterocycles. The van der Waals surface area contributed by atoms with Crippen LogP contribution in [0.25, 0.3) is 0 Å². The molecule has 0 spiro atoms. The highest BCUT2D eigenvalue weighted by molar-refractivity contribution is 7.13. The summed E-state index contributed by atoms with van der Waals surface area (Å²) in [5.41, 5.74) is 1.73. The number of nitrogens with one attached hydrogen (secondary N) is 2.